The summed E-state index contributed by atoms with van der Waals surface area (Å²) in [5.74, 6) is 1.30. The number of nitrogens with zero attached hydrogens (tertiary/aromatic N) is 2. The SMILES string of the molecule is CC(C)Oc1cc(C=NC2CCCCC2N=Cc2cc(C(C)(C)C)cc(C(C)(C)C)c2O)c(O)c(C(C)(C)C)c1. The Kier molecular flexibility index (Phi) is 9.48. The molecule has 1 aliphatic rings. The molecule has 40 heavy (non-hydrogen) atoms. The molecule has 220 valence electrons. The lowest BCUT2D eigenvalue weighted by molar-refractivity contribution is 0.241. The molecular formula is C35H52N2O3. The monoisotopic (exact) mass is 548 g/mol. The highest BCUT2D eigenvalue weighted by Gasteiger charge is 2.27. The topological polar surface area (TPSA) is 74.4 Å². The molecule has 0 amide bonds. The van der Waals surface area contributed by atoms with Crippen molar-refractivity contribution in [3.05, 3.63) is 52.1 Å². The Morgan fingerprint density at radius 2 is 1.15 bits per heavy atom. The van der Waals surface area contributed by atoms with Crippen molar-refractivity contribution in [1.29, 1.82) is 0 Å². The molecule has 0 bridgehead atoms. The Bertz CT molecular complexity index is 1240. The van der Waals surface area contributed by atoms with Gasteiger partial charge < -0.3 is 14.9 Å². The van der Waals surface area contributed by atoms with Crippen LogP contribution in [0.3, 0.4) is 0 Å². The third kappa shape index (κ3) is 7.89. The van der Waals surface area contributed by atoms with Crippen LogP contribution in [0.4, 0.5) is 0 Å². The molecule has 2 atom stereocenters. The number of phenols is 2. The Balaban J connectivity index is 1.97. The van der Waals surface area contributed by atoms with Crippen LogP contribution in [-0.4, -0.2) is 40.8 Å². The summed E-state index contributed by atoms with van der Waals surface area (Å²) >= 11 is 0. The van der Waals surface area contributed by atoms with E-state index in [1.807, 2.05) is 32.2 Å². The normalized spacial score (nSPS) is 19.2. The van der Waals surface area contributed by atoms with Gasteiger partial charge in [0.15, 0.2) is 0 Å². The minimum atomic E-state index is -0.240. The van der Waals surface area contributed by atoms with E-state index in [2.05, 4.69) is 74.4 Å². The standard InChI is InChI=1S/C35H52N2O3/c1-22(2)40-26-17-24(32(39)28(19-26)35(9,10)11)21-37-30-15-13-12-14-29(30)36-20-23-16-25(33(3,4)5)18-27(31(23)38)34(6,7)8/h16-22,29-30,38-39H,12-15H2,1-11H3. The van der Waals surface area contributed by atoms with Gasteiger partial charge in [-0.25, -0.2) is 0 Å². The second kappa shape index (κ2) is 12.0. The summed E-state index contributed by atoms with van der Waals surface area (Å²) in [5.41, 5.74) is 3.92. The zero-order valence-electron chi connectivity index (χ0n) is 26.7. The predicted octanol–water partition coefficient (Wildman–Crippen LogP) is 8.63. The summed E-state index contributed by atoms with van der Waals surface area (Å²) in [6.07, 6.45) is 7.77. The Labute approximate surface area is 242 Å². The number of aliphatic imine (C=N–C) groups is 2. The summed E-state index contributed by atoms with van der Waals surface area (Å²) in [7, 11) is 0. The molecule has 2 N–H and O–H groups in total. The van der Waals surface area contributed by atoms with Crippen molar-refractivity contribution in [1.82, 2.24) is 0 Å². The van der Waals surface area contributed by atoms with E-state index in [0.717, 1.165) is 48.1 Å². The number of hydrogen-bond acceptors (Lipinski definition) is 5. The Hall–Kier alpha value is -2.82. The highest BCUT2D eigenvalue weighted by atomic mass is 16.5. The van der Waals surface area contributed by atoms with Crippen molar-refractivity contribution in [2.75, 3.05) is 0 Å². The van der Waals surface area contributed by atoms with Gasteiger partial charge in [0.05, 0.1) is 18.2 Å². The molecule has 1 aliphatic carbocycles. The first-order chi connectivity index (χ1) is 18.4. The van der Waals surface area contributed by atoms with Gasteiger partial charge in [-0.1, -0.05) is 81.2 Å². The molecule has 3 rings (SSSR count). The van der Waals surface area contributed by atoms with Crippen LogP contribution >= 0.6 is 0 Å². The fourth-order valence-electron chi connectivity index (χ4n) is 5.19. The van der Waals surface area contributed by atoms with E-state index in [-0.39, 0.29) is 40.2 Å². The van der Waals surface area contributed by atoms with E-state index in [1.54, 1.807) is 6.21 Å². The highest BCUT2D eigenvalue weighted by molar-refractivity contribution is 5.86. The third-order valence-electron chi connectivity index (χ3n) is 7.61. The van der Waals surface area contributed by atoms with Crippen molar-refractivity contribution >= 4 is 12.4 Å². The minimum Gasteiger partial charge on any atom is -0.507 e. The van der Waals surface area contributed by atoms with Crippen LogP contribution in [0.2, 0.25) is 0 Å². The first-order valence-electron chi connectivity index (χ1n) is 14.9. The van der Waals surface area contributed by atoms with E-state index >= 15 is 0 Å². The van der Waals surface area contributed by atoms with Crippen molar-refractivity contribution < 1.29 is 14.9 Å². The molecule has 2 aromatic carbocycles. The maximum Gasteiger partial charge on any atom is 0.128 e. The summed E-state index contributed by atoms with van der Waals surface area (Å²) in [6, 6.07) is 8.04. The molecule has 0 aliphatic heterocycles. The molecule has 0 aromatic heterocycles. The maximum atomic E-state index is 11.2. The molecule has 2 aromatic rings. The first-order valence-corrected chi connectivity index (χ1v) is 14.9. The Morgan fingerprint density at radius 3 is 1.57 bits per heavy atom. The van der Waals surface area contributed by atoms with Crippen LogP contribution in [0.25, 0.3) is 0 Å². The predicted molar refractivity (Wildman–Crippen MR) is 169 cm³/mol. The largest absolute Gasteiger partial charge is 0.507 e. The molecule has 0 heterocycles. The van der Waals surface area contributed by atoms with Crippen molar-refractivity contribution in [3.8, 4) is 17.2 Å². The number of rotatable bonds is 6. The van der Waals surface area contributed by atoms with Gasteiger partial charge in [0.2, 0.25) is 0 Å². The van der Waals surface area contributed by atoms with Crippen LogP contribution in [0.5, 0.6) is 17.2 Å². The fourth-order valence-corrected chi connectivity index (χ4v) is 5.19. The van der Waals surface area contributed by atoms with Crippen LogP contribution in [0.1, 0.15) is 130 Å². The number of hydrogen-bond donors (Lipinski definition) is 2. The maximum absolute atomic E-state index is 11.2. The van der Waals surface area contributed by atoms with Crippen molar-refractivity contribution in [2.45, 2.75) is 136 Å². The van der Waals surface area contributed by atoms with Gasteiger partial charge in [-0.15, -0.1) is 0 Å². The van der Waals surface area contributed by atoms with Crippen molar-refractivity contribution in [2.24, 2.45) is 9.98 Å². The zero-order chi connectivity index (χ0) is 30.0. The van der Waals surface area contributed by atoms with E-state index in [4.69, 9.17) is 14.7 Å². The molecule has 0 saturated heterocycles. The van der Waals surface area contributed by atoms with E-state index in [9.17, 15) is 10.2 Å². The van der Waals surface area contributed by atoms with Gasteiger partial charge in [0.1, 0.15) is 17.2 Å². The van der Waals surface area contributed by atoms with Crippen LogP contribution < -0.4 is 4.74 Å². The number of ether oxygens (including phenoxy) is 1. The molecule has 2 unspecified atom stereocenters. The number of phenolic OH excluding ortho intramolecular Hbond substituents is 2. The number of benzene rings is 2. The van der Waals surface area contributed by atoms with E-state index in [0.29, 0.717) is 11.3 Å². The molecule has 1 fully saturated rings. The molecule has 1 saturated carbocycles. The quantitative estimate of drug-likeness (QED) is 0.355. The second-order valence-corrected chi connectivity index (χ2v) is 14.8. The van der Waals surface area contributed by atoms with Crippen LogP contribution in [0, 0.1) is 0 Å². The minimum absolute atomic E-state index is 0.00666. The summed E-state index contributed by atoms with van der Waals surface area (Å²) < 4.78 is 6.00. The molecule has 0 spiro atoms. The smallest absolute Gasteiger partial charge is 0.128 e. The zero-order valence-corrected chi connectivity index (χ0v) is 26.7. The second-order valence-electron chi connectivity index (χ2n) is 14.8. The molecular weight excluding hydrogens is 496 g/mol. The molecule has 5 nitrogen and oxygen atoms in total. The number of aromatic hydroxyl groups is 2. The third-order valence-corrected chi connectivity index (χ3v) is 7.61. The fraction of sp³-hybridized carbons (Fsp3) is 0.600. The first kappa shape index (κ1) is 31.7. The van der Waals surface area contributed by atoms with Gasteiger partial charge in [0, 0.05) is 34.7 Å². The van der Waals surface area contributed by atoms with Gasteiger partial charge in [-0.2, -0.15) is 0 Å². The van der Waals surface area contributed by atoms with Crippen molar-refractivity contribution in [3.63, 3.8) is 0 Å². The van der Waals surface area contributed by atoms with Crippen LogP contribution in [-0.2, 0) is 16.2 Å². The summed E-state index contributed by atoms with van der Waals surface area (Å²) in [6.45, 7) is 23.2. The lowest BCUT2D eigenvalue weighted by Gasteiger charge is -2.28. The highest BCUT2D eigenvalue weighted by Crippen LogP contribution is 2.38. The average molecular weight is 549 g/mol. The van der Waals surface area contributed by atoms with E-state index in [1.165, 1.54) is 5.56 Å². The van der Waals surface area contributed by atoms with Gasteiger partial charge >= 0.3 is 0 Å². The van der Waals surface area contributed by atoms with Gasteiger partial charge in [-0.05, 0) is 66.7 Å². The molecule has 5 heteroatoms. The summed E-state index contributed by atoms with van der Waals surface area (Å²) in [5, 5.41) is 22.4. The lowest BCUT2D eigenvalue weighted by atomic mass is 9.79. The Morgan fingerprint density at radius 1 is 0.700 bits per heavy atom. The lowest BCUT2D eigenvalue weighted by Crippen LogP contribution is -2.27. The molecule has 0 radical (unpaired) electrons. The average Bonchev–Trinajstić information content (AvgIpc) is 2.81. The van der Waals surface area contributed by atoms with E-state index < -0.39 is 0 Å². The summed E-state index contributed by atoms with van der Waals surface area (Å²) in [4.78, 5) is 9.98. The van der Waals surface area contributed by atoms with Gasteiger partial charge in [0.25, 0.3) is 0 Å². The van der Waals surface area contributed by atoms with Gasteiger partial charge in [-0.3, -0.25) is 9.98 Å². The van der Waals surface area contributed by atoms with Crippen LogP contribution in [0.15, 0.2) is 34.3 Å².